The van der Waals surface area contributed by atoms with Crippen LogP contribution in [-0.2, 0) is 0 Å². The lowest BCUT2D eigenvalue weighted by molar-refractivity contribution is 0.389. The van der Waals surface area contributed by atoms with Crippen LogP contribution in [0.25, 0.3) is 0 Å². The number of hydrogen-bond acceptors (Lipinski definition) is 2. The molecule has 0 fully saturated rings. The molecule has 0 amide bonds. The van der Waals surface area contributed by atoms with E-state index in [2.05, 4.69) is 51.8 Å². The van der Waals surface area contributed by atoms with E-state index in [0.29, 0.717) is 0 Å². The molecule has 0 aliphatic heterocycles. The molecule has 2 heteroatoms. The highest BCUT2D eigenvalue weighted by Gasteiger charge is 1.95. The second kappa shape index (κ2) is 32.9. The van der Waals surface area contributed by atoms with Gasteiger partial charge in [0.2, 0.25) is 0 Å². The van der Waals surface area contributed by atoms with Crippen molar-refractivity contribution in [3.8, 4) is 0 Å². The van der Waals surface area contributed by atoms with E-state index in [1.807, 2.05) is 0 Å². The molecule has 0 aromatic heterocycles. The maximum atomic E-state index is 2.29. The molecule has 0 aliphatic carbocycles. The molecule has 0 bridgehead atoms. The molecule has 0 atom stereocenters. The molecule has 0 heterocycles. The first-order valence-corrected chi connectivity index (χ1v) is 15.8. The Labute approximate surface area is 219 Å². The molecule has 34 heavy (non-hydrogen) atoms. The zero-order valence-corrected chi connectivity index (χ0v) is 25.3. The summed E-state index contributed by atoms with van der Waals surface area (Å²) in [5.41, 5.74) is 0. The Morgan fingerprint density at radius 2 is 0.441 bits per heavy atom. The largest absolute Gasteiger partial charge is 0.309 e. The van der Waals surface area contributed by atoms with Crippen molar-refractivity contribution >= 4 is 0 Å². The fourth-order valence-electron chi connectivity index (χ4n) is 4.54. The van der Waals surface area contributed by atoms with Gasteiger partial charge in [-0.1, -0.05) is 155 Å². The van der Waals surface area contributed by atoms with E-state index in [-0.39, 0.29) is 0 Å². The monoisotopic (exact) mass is 483 g/mol. The fraction of sp³-hybridized carbons (Fsp3) is 1.00. The standard InChI is InChI=1S/C18H39N.C14H31N/c1-4-5-6-7-8-9-10-11-12-13-14-15-16-17-18-19(2)3;1-4-5-6-7-8-9-10-11-12-13-14-15(2)3/h4-18H2,1-3H3;4-14H2,1-3H3. The molecule has 0 rings (SSSR count). The third-order valence-electron chi connectivity index (χ3n) is 6.92. The maximum absolute atomic E-state index is 2.29. The van der Waals surface area contributed by atoms with Crippen LogP contribution in [0.2, 0.25) is 0 Å². The number of hydrogen-bond donors (Lipinski definition) is 0. The van der Waals surface area contributed by atoms with Crippen LogP contribution in [0.3, 0.4) is 0 Å². The Morgan fingerprint density at radius 1 is 0.265 bits per heavy atom. The Kier molecular flexibility index (Phi) is 34.9. The predicted molar refractivity (Wildman–Crippen MR) is 159 cm³/mol. The Morgan fingerprint density at radius 3 is 0.618 bits per heavy atom. The highest BCUT2D eigenvalue weighted by atomic mass is 15.0. The van der Waals surface area contributed by atoms with E-state index in [0.717, 1.165) is 0 Å². The van der Waals surface area contributed by atoms with E-state index < -0.39 is 0 Å². The molecule has 0 saturated heterocycles. The van der Waals surface area contributed by atoms with Crippen LogP contribution < -0.4 is 0 Å². The Balaban J connectivity index is 0. The normalized spacial score (nSPS) is 11.3. The summed E-state index contributed by atoms with van der Waals surface area (Å²) < 4.78 is 0. The first-order chi connectivity index (χ1) is 16.5. The molecule has 2 nitrogen and oxygen atoms in total. The minimum absolute atomic E-state index is 1.26. The minimum atomic E-state index is 1.26. The quantitative estimate of drug-likeness (QED) is 0.113. The van der Waals surface area contributed by atoms with Crippen LogP contribution in [0.15, 0.2) is 0 Å². The molecule has 0 radical (unpaired) electrons. The highest BCUT2D eigenvalue weighted by molar-refractivity contribution is 4.51. The molecular formula is C32H70N2. The molecule has 0 N–H and O–H groups in total. The third kappa shape index (κ3) is 39.1. The van der Waals surface area contributed by atoms with Crippen LogP contribution >= 0.6 is 0 Å². The number of nitrogens with zero attached hydrogens (tertiary/aromatic N) is 2. The van der Waals surface area contributed by atoms with Crippen molar-refractivity contribution in [2.24, 2.45) is 0 Å². The van der Waals surface area contributed by atoms with Crippen molar-refractivity contribution in [1.82, 2.24) is 9.80 Å². The summed E-state index contributed by atoms with van der Waals surface area (Å²) >= 11 is 0. The van der Waals surface area contributed by atoms with Crippen molar-refractivity contribution in [2.75, 3.05) is 41.3 Å². The molecule has 0 spiro atoms. The Bertz CT molecular complexity index is 327. The van der Waals surface area contributed by atoms with Gasteiger partial charge in [-0.25, -0.2) is 0 Å². The van der Waals surface area contributed by atoms with Crippen LogP contribution in [0.4, 0.5) is 0 Å². The van der Waals surface area contributed by atoms with Crippen molar-refractivity contribution in [1.29, 1.82) is 0 Å². The maximum Gasteiger partial charge on any atom is -0.00248 e. The van der Waals surface area contributed by atoms with E-state index in [4.69, 9.17) is 0 Å². The average molecular weight is 483 g/mol. The topological polar surface area (TPSA) is 6.48 Å². The third-order valence-corrected chi connectivity index (χ3v) is 6.92. The van der Waals surface area contributed by atoms with Crippen LogP contribution in [0.5, 0.6) is 0 Å². The second-order valence-corrected chi connectivity index (χ2v) is 11.4. The summed E-state index contributed by atoms with van der Waals surface area (Å²) in [5.74, 6) is 0. The lowest BCUT2D eigenvalue weighted by Crippen LogP contribution is -2.12. The zero-order valence-electron chi connectivity index (χ0n) is 25.3. The molecule has 208 valence electrons. The molecule has 0 aliphatic rings. The molecule has 0 unspecified atom stereocenters. The van der Waals surface area contributed by atoms with Gasteiger partial charge in [0.25, 0.3) is 0 Å². The van der Waals surface area contributed by atoms with Gasteiger partial charge in [-0.05, 0) is 54.1 Å². The second-order valence-electron chi connectivity index (χ2n) is 11.4. The van der Waals surface area contributed by atoms with Gasteiger partial charge in [0.05, 0.1) is 0 Å². The van der Waals surface area contributed by atoms with Crippen molar-refractivity contribution in [2.45, 2.75) is 168 Å². The lowest BCUT2D eigenvalue weighted by Gasteiger charge is -2.08. The van der Waals surface area contributed by atoms with Crippen molar-refractivity contribution in [3.05, 3.63) is 0 Å². The fourth-order valence-corrected chi connectivity index (χ4v) is 4.54. The number of unbranched alkanes of at least 4 members (excludes halogenated alkanes) is 22. The van der Waals surface area contributed by atoms with Crippen LogP contribution in [0.1, 0.15) is 168 Å². The van der Waals surface area contributed by atoms with Gasteiger partial charge < -0.3 is 9.80 Å². The summed E-state index contributed by atoms with van der Waals surface area (Å²) in [6, 6.07) is 0. The zero-order chi connectivity index (χ0) is 25.5. The Hall–Kier alpha value is -0.0800. The van der Waals surface area contributed by atoms with E-state index >= 15 is 0 Å². The smallest absolute Gasteiger partial charge is 0.00248 e. The lowest BCUT2D eigenvalue weighted by atomic mass is 10.0. The van der Waals surface area contributed by atoms with Crippen LogP contribution in [0, 0.1) is 0 Å². The van der Waals surface area contributed by atoms with Gasteiger partial charge in [-0.3, -0.25) is 0 Å². The predicted octanol–water partition coefficient (Wildman–Crippen LogP) is 10.5. The van der Waals surface area contributed by atoms with Gasteiger partial charge in [0.1, 0.15) is 0 Å². The van der Waals surface area contributed by atoms with Crippen LogP contribution in [-0.4, -0.2) is 51.1 Å². The average Bonchev–Trinajstić information content (AvgIpc) is 2.80. The van der Waals surface area contributed by atoms with Crippen molar-refractivity contribution < 1.29 is 0 Å². The number of rotatable bonds is 26. The first-order valence-electron chi connectivity index (χ1n) is 15.8. The van der Waals surface area contributed by atoms with Gasteiger partial charge in [0.15, 0.2) is 0 Å². The van der Waals surface area contributed by atoms with Gasteiger partial charge in [-0.15, -0.1) is 0 Å². The molecule has 0 aromatic rings. The summed E-state index contributed by atoms with van der Waals surface area (Å²) in [4.78, 5) is 4.57. The first kappa shape index (κ1) is 36.1. The molecular weight excluding hydrogens is 412 g/mol. The summed E-state index contributed by atoms with van der Waals surface area (Å²) in [6.45, 7) is 7.10. The van der Waals surface area contributed by atoms with Crippen molar-refractivity contribution in [3.63, 3.8) is 0 Å². The summed E-state index contributed by atoms with van der Waals surface area (Å²) in [6.07, 6.45) is 34.7. The van der Waals surface area contributed by atoms with Gasteiger partial charge >= 0.3 is 0 Å². The summed E-state index contributed by atoms with van der Waals surface area (Å²) in [7, 11) is 8.66. The minimum Gasteiger partial charge on any atom is -0.309 e. The van der Waals surface area contributed by atoms with E-state index in [1.165, 1.54) is 167 Å². The SMILES string of the molecule is CCCCCCCCCCCCCCCCN(C)C.CCCCCCCCCCCCN(C)C. The molecule has 0 aromatic carbocycles. The van der Waals surface area contributed by atoms with E-state index in [1.54, 1.807) is 0 Å². The molecule has 0 saturated carbocycles. The highest BCUT2D eigenvalue weighted by Crippen LogP contribution is 2.13. The van der Waals surface area contributed by atoms with E-state index in [9.17, 15) is 0 Å². The summed E-state index contributed by atoms with van der Waals surface area (Å²) in [5, 5.41) is 0. The van der Waals surface area contributed by atoms with Gasteiger partial charge in [0, 0.05) is 0 Å². The van der Waals surface area contributed by atoms with Gasteiger partial charge in [-0.2, -0.15) is 0 Å².